The third-order valence-electron chi connectivity index (χ3n) is 2.54. The quantitative estimate of drug-likeness (QED) is 0.801. The van der Waals surface area contributed by atoms with Gasteiger partial charge in [-0.3, -0.25) is 4.79 Å². The van der Waals surface area contributed by atoms with Crippen molar-refractivity contribution in [2.24, 2.45) is 0 Å². The number of nitrogens with one attached hydrogen (secondary N) is 1. The van der Waals surface area contributed by atoms with Crippen LogP contribution in [-0.4, -0.2) is 17.7 Å². The van der Waals surface area contributed by atoms with Gasteiger partial charge in [0.25, 0.3) is 0 Å². The Bertz CT molecular complexity index is 405. The maximum atomic E-state index is 12.8. The zero-order chi connectivity index (χ0) is 13.5. The van der Waals surface area contributed by atoms with Gasteiger partial charge in [-0.05, 0) is 31.5 Å². The van der Waals surface area contributed by atoms with Crippen LogP contribution in [0.3, 0.4) is 0 Å². The van der Waals surface area contributed by atoms with E-state index in [4.69, 9.17) is 0 Å². The van der Waals surface area contributed by atoms with Crippen molar-refractivity contribution in [3.05, 3.63) is 48.3 Å². The van der Waals surface area contributed by atoms with Crippen LogP contribution in [0.4, 0.5) is 4.39 Å². The van der Waals surface area contributed by atoms with Crippen LogP contribution in [0.1, 0.15) is 24.7 Å². The third-order valence-corrected chi connectivity index (χ3v) is 3.84. The normalized spacial score (nSPS) is 13.7. The highest BCUT2D eigenvalue weighted by molar-refractivity contribution is 8.00. The molecule has 0 radical (unpaired) electrons. The molecule has 1 aromatic carbocycles. The highest BCUT2D eigenvalue weighted by Crippen LogP contribution is 2.31. The molecule has 0 aliphatic carbocycles. The summed E-state index contributed by atoms with van der Waals surface area (Å²) in [6.07, 6.45) is 1.65. The standard InChI is InChI=1S/C14H18FNOS/c1-4-9-16-14(17)11(3)18-10(2)12-5-7-13(15)8-6-12/h4-8,10-11H,1,9H2,2-3H3,(H,16,17)/t10-,11-/m0/s1. The van der Waals surface area contributed by atoms with Crippen molar-refractivity contribution in [2.75, 3.05) is 6.54 Å². The molecule has 2 nitrogen and oxygen atoms in total. The van der Waals surface area contributed by atoms with Gasteiger partial charge in [-0.1, -0.05) is 18.2 Å². The Morgan fingerprint density at radius 1 is 1.44 bits per heavy atom. The van der Waals surface area contributed by atoms with E-state index in [1.807, 2.05) is 13.8 Å². The number of benzene rings is 1. The second kappa shape index (κ2) is 7.21. The Morgan fingerprint density at radius 2 is 2.06 bits per heavy atom. The van der Waals surface area contributed by atoms with Crippen LogP contribution in [0.2, 0.25) is 0 Å². The molecule has 0 aromatic heterocycles. The number of carbonyl (C=O) groups excluding carboxylic acids is 1. The molecule has 2 atom stereocenters. The van der Waals surface area contributed by atoms with Gasteiger partial charge < -0.3 is 5.32 Å². The Balaban J connectivity index is 2.53. The molecule has 0 bridgehead atoms. The van der Waals surface area contributed by atoms with Crippen LogP contribution in [0.15, 0.2) is 36.9 Å². The predicted molar refractivity (Wildman–Crippen MR) is 75.1 cm³/mol. The van der Waals surface area contributed by atoms with E-state index in [0.29, 0.717) is 6.54 Å². The van der Waals surface area contributed by atoms with Gasteiger partial charge in [0.05, 0.1) is 5.25 Å². The predicted octanol–water partition coefficient (Wildman–Crippen LogP) is 3.31. The molecule has 0 fully saturated rings. The lowest BCUT2D eigenvalue weighted by atomic mass is 10.2. The minimum Gasteiger partial charge on any atom is -0.352 e. The average Bonchev–Trinajstić information content (AvgIpc) is 2.36. The summed E-state index contributed by atoms with van der Waals surface area (Å²) in [7, 11) is 0. The van der Waals surface area contributed by atoms with Gasteiger partial charge in [0.15, 0.2) is 0 Å². The lowest BCUT2D eigenvalue weighted by molar-refractivity contribution is -0.120. The number of hydrogen-bond acceptors (Lipinski definition) is 2. The zero-order valence-corrected chi connectivity index (χ0v) is 11.5. The minimum absolute atomic E-state index is 0.00568. The van der Waals surface area contributed by atoms with E-state index in [1.165, 1.54) is 12.1 Å². The fourth-order valence-corrected chi connectivity index (χ4v) is 2.63. The first-order valence-electron chi connectivity index (χ1n) is 5.84. The molecule has 0 aliphatic rings. The fourth-order valence-electron chi connectivity index (χ4n) is 1.50. The lowest BCUT2D eigenvalue weighted by Crippen LogP contribution is -2.31. The zero-order valence-electron chi connectivity index (χ0n) is 10.7. The molecular formula is C14H18FNOS. The minimum atomic E-state index is -0.243. The van der Waals surface area contributed by atoms with Crippen LogP contribution in [0.25, 0.3) is 0 Å². The molecule has 1 N–H and O–H groups in total. The molecule has 98 valence electrons. The summed E-state index contributed by atoms with van der Waals surface area (Å²) in [4.78, 5) is 11.7. The number of rotatable bonds is 6. The molecule has 1 rings (SSSR count). The third kappa shape index (κ3) is 4.53. The van der Waals surface area contributed by atoms with Crippen molar-refractivity contribution in [1.82, 2.24) is 5.32 Å². The highest BCUT2D eigenvalue weighted by Gasteiger charge is 2.17. The van der Waals surface area contributed by atoms with E-state index in [9.17, 15) is 9.18 Å². The van der Waals surface area contributed by atoms with Gasteiger partial charge in [0, 0.05) is 11.8 Å². The number of thioether (sulfide) groups is 1. The van der Waals surface area contributed by atoms with Gasteiger partial charge in [-0.2, -0.15) is 0 Å². The first kappa shape index (κ1) is 14.8. The molecule has 18 heavy (non-hydrogen) atoms. The molecule has 0 heterocycles. The maximum absolute atomic E-state index is 12.8. The first-order valence-corrected chi connectivity index (χ1v) is 6.78. The molecule has 0 saturated carbocycles. The Hall–Kier alpha value is -1.29. The first-order chi connectivity index (χ1) is 8.54. The molecule has 0 aliphatic heterocycles. The van der Waals surface area contributed by atoms with Crippen molar-refractivity contribution >= 4 is 17.7 Å². The number of carbonyl (C=O) groups is 1. The van der Waals surface area contributed by atoms with Crippen LogP contribution in [0, 0.1) is 5.82 Å². The maximum Gasteiger partial charge on any atom is 0.233 e. The van der Waals surface area contributed by atoms with E-state index in [2.05, 4.69) is 11.9 Å². The summed E-state index contributed by atoms with van der Waals surface area (Å²) in [5.74, 6) is -0.249. The molecule has 0 unspecified atom stereocenters. The van der Waals surface area contributed by atoms with E-state index in [1.54, 1.807) is 30.0 Å². The van der Waals surface area contributed by atoms with Crippen LogP contribution in [-0.2, 0) is 4.79 Å². The summed E-state index contributed by atoms with van der Waals surface area (Å²) >= 11 is 1.55. The van der Waals surface area contributed by atoms with Crippen molar-refractivity contribution < 1.29 is 9.18 Å². The summed E-state index contributed by atoms with van der Waals surface area (Å²) in [6, 6.07) is 6.38. The molecule has 0 saturated heterocycles. The van der Waals surface area contributed by atoms with Crippen molar-refractivity contribution in [3.63, 3.8) is 0 Å². The van der Waals surface area contributed by atoms with Gasteiger partial charge in [-0.25, -0.2) is 4.39 Å². The van der Waals surface area contributed by atoms with E-state index < -0.39 is 0 Å². The van der Waals surface area contributed by atoms with Crippen LogP contribution in [0.5, 0.6) is 0 Å². The topological polar surface area (TPSA) is 29.1 Å². The number of amides is 1. The number of hydrogen-bond donors (Lipinski definition) is 1. The SMILES string of the molecule is C=CCNC(=O)[C@H](C)S[C@@H](C)c1ccc(F)cc1. The monoisotopic (exact) mass is 267 g/mol. The molecule has 0 spiro atoms. The van der Waals surface area contributed by atoms with Gasteiger partial charge in [0.2, 0.25) is 5.91 Å². The van der Waals surface area contributed by atoms with Crippen LogP contribution >= 0.6 is 11.8 Å². The Morgan fingerprint density at radius 3 is 2.61 bits per heavy atom. The van der Waals surface area contributed by atoms with Crippen molar-refractivity contribution in [3.8, 4) is 0 Å². The largest absolute Gasteiger partial charge is 0.352 e. The lowest BCUT2D eigenvalue weighted by Gasteiger charge is -2.17. The smallest absolute Gasteiger partial charge is 0.233 e. The molecular weight excluding hydrogens is 249 g/mol. The second-order valence-corrected chi connectivity index (χ2v) is 5.69. The summed E-state index contributed by atoms with van der Waals surface area (Å²) < 4.78 is 12.8. The fraction of sp³-hybridized carbons (Fsp3) is 0.357. The van der Waals surface area contributed by atoms with E-state index in [-0.39, 0.29) is 22.2 Å². The summed E-state index contributed by atoms with van der Waals surface area (Å²) in [5, 5.41) is 2.76. The van der Waals surface area contributed by atoms with E-state index in [0.717, 1.165) is 5.56 Å². The molecule has 1 aromatic rings. The van der Waals surface area contributed by atoms with Crippen LogP contribution < -0.4 is 5.32 Å². The molecule has 1 amide bonds. The Kier molecular flexibility index (Phi) is 5.92. The average molecular weight is 267 g/mol. The van der Waals surface area contributed by atoms with E-state index >= 15 is 0 Å². The van der Waals surface area contributed by atoms with Gasteiger partial charge >= 0.3 is 0 Å². The Labute approximate surface area is 112 Å². The van der Waals surface area contributed by atoms with Gasteiger partial charge in [-0.15, -0.1) is 18.3 Å². The summed E-state index contributed by atoms with van der Waals surface area (Å²) in [6.45, 7) is 7.91. The number of halogens is 1. The van der Waals surface area contributed by atoms with Gasteiger partial charge in [0.1, 0.15) is 5.82 Å². The molecule has 4 heteroatoms. The highest BCUT2D eigenvalue weighted by atomic mass is 32.2. The van der Waals surface area contributed by atoms with Crippen molar-refractivity contribution in [1.29, 1.82) is 0 Å². The summed E-state index contributed by atoms with van der Waals surface area (Å²) in [5.41, 5.74) is 1.02. The van der Waals surface area contributed by atoms with Crippen molar-refractivity contribution in [2.45, 2.75) is 24.3 Å². The second-order valence-electron chi connectivity index (χ2n) is 4.01.